The number of nitrogens with zero attached hydrogens (tertiary/aromatic N) is 3. The number of amides is 1. The number of carboxylic acids is 1. The molecule has 174 valence electrons. The number of carbonyl (C=O) groups excluding carboxylic acids is 1. The van der Waals surface area contributed by atoms with Gasteiger partial charge < -0.3 is 20.5 Å². The van der Waals surface area contributed by atoms with Crippen molar-refractivity contribution in [2.75, 3.05) is 17.2 Å². The molecule has 0 spiro atoms. The first-order chi connectivity index (χ1) is 16.5. The largest absolute Gasteiger partial charge is 0.478 e. The predicted molar refractivity (Wildman–Crippen MR) is 130 cm³/mol. The fourth-order valence-electron chi connectivity index (χ4n) is 4.01. The second-order valence-electron chi connectivity index (χ2n) is 8.10. The summed E-state index contributed by atoms with van der Waals surface area (Å²) in [6.07, 6.45) is 6.25. The summed E-state index contributed by atoms with van der Waals surface area (Å²) in [6, 6.07) is 10.4. The zero-order valence-electron chi connectivity index (χ0n) is 18.4. The Bertz CT molecular complexity index is 1370. The molecule has 1 fully saturated rings. The fourth-order valence-corrected chi connectivity index (χ4v) is 4.74. The molecule has 1 unspecified atom stereocenters. The Balaban J connectivity index is 1.35. The molecule has 1 amide bonds. The molecule has 2 aromatic heterocycles. The maximum absolute atomic E-state index is 13.0. The number of carboxylic acid groups (broad SMARTS) is 1. The van der Waals surface area contributed by atoms with E-state index in [9.17, 15) is 9.59 Å². The molecule has 3 N–H and O–H groups in total. The molecule has 1 atom stereocenters. The van der Waals surface area contributed by atoms with Gasteiger partial charge in [0.15, 0.2) is 11.4 Å². The van der Waals surface area contributed by atoms with Gasteiger partial charge in [-0.2, -0.15) is 5.10 Å². The minimum atomic E-state index is -1.01. The highest BCUT2D eigenvalue weighted by Gasteiger charge is 2.21. The fraction of sp³-hybridized carbons (Fsp3) is 0.250. The highest BCUT2D eigenvalue weighted by atomic mass is 32.1. The molecule has 9 nitrogen and oxygen atoms in total. The highest BCUT2D eigenvalue weighted by molar-refractivity contribution is 7.17. The molecule has 0 aliphatic carbocycles. The molecule has 1 aliphatic heterocycles. The molecule has 2 aromatic carbocycles. The standard InChI is InChI=1S/C24H23N5O4S/c1-14-8-9-18-17(12-26-29(18)20-7-2-3-10-33-20)21(14)28-22(30)19-13-25-24(34-19)27-16-6-4-5-15(11-16)23(31)32/h4-6,8-9,11-13,20H,2-3,7,10H2,1H3,(H,25,27)(H,28,30)(H,31,32). The van der Waals surface area contributed by atoms with Gasteiger partial charge in [0.1, 0.15) is 4.88 Å². The summed E-state index contributed by atoms with van der Waals surface area (Å²) in [5.41, 5.74) is 3.30. The van der Waals surface area contributed by atoms with Crippen LogP contribution in [0.2, 0.25) is 0 Å². The van der Waals surface area contributed by atoms with Gasteiger partial charge in [-0.15, -0.1) is 0 Å². The van der Waals surface area contributed by atoms with Crippen LogP contribution in [0.4, 0.5) is 16.5 Å². The normalized spacial score (nSPS) is 15.9. The van der Waals surface area contributed by atoms with E-state index in [4.69, 9.17) is 9.84 Å². The van der Waals surface area contributed by atoms with E-state index in [0.29, 0.717) is 21.4 Å². The lowest BCUT2D eigenvalue weighted by molar-refractivity contribution is -0.0366. The molecule has 1 aliphatic rings. The van der Waals surface area contributed by atoms with Crippen LogP contribution < -0.4 is 10.6 Å². The van der Waals surface area contributed by atoms with E-state index >= 15 is 0 Å². The van der Waals surface area contributed by atoms with Crippen LogP contribution in [-0.4, -0.2) is 38.4 Å². The van der Waals surface area contributed by atoms with Crippen LogP contribution in [0.25, 0.3) is 10.9 Å². The maximum atomic E-state index is 13.0. The van der Waals surface area contributed by atoms with Crippen LogP contribution in [0.5, 0.6) is 0 Å². The first-order valence-electron chi connectivity index (χ1n) is 11.0. The molecule has 34 heavy (non-hydrogen) atoms. The number of benzene rings is 2. The minimum absolute atomic E-state index is 0.0905. The van der Waals surface area contributed by atoms with Crippen LogP contribution in [0.3, 0.4) is 0 Å². The monoisotopic (exact) mass is 477 g/mol. The van der Waals surface area contributed by atoms with Crippen molar-refractivity contribution in [3.8, 4) is 0 Å². The number of ether oxygens (including phenoxy) is 1. The summed E-state index contributed by atoms with van der Waals surface area (Å²) in [5, 5.41) is 21.1. The number of aromatic nitrogens is 3. The molecular formula is C24H23N5O4S. The number of rotatable bonds is 6. The summed E-state index contributed by atoms with van der Waals surface area (Å²) >= 11 is 1.19. The number of fused-ring (bicyclic) bond motifs is 1. The van der Waals surface area contributed by atoms with E-state index in [2.05, 4.69) is 20.7 Å². The summed E-state index contributed by atoms with van der Waals surface area (Å²) in [6.45, 7) is 2.67. The van der Waals surface area contributed by atoms with Crippen LogP contribution in [0.15, 0.2) is 48.8 Å². The van der Waals surface area contributed by atoms with E-state index < -0.39 is 5.97 Å². The molecule has 3 heterocycles. The van der Waals surface area contributed by atoms with Gasteiger partial charge in [0, 0.05) is 17.7 Å². The molecule has 0 saturated carbocycles. The average molecular weight is 478 g/mol. The maximum Gasteiger partial charge on any atom is 0.335 e. The van der Waals surface area contributed by atoms with Gasteiger partial charge in [-0.1, -0.05) is 23.5 Å². The van der Waals surface area contributed by atoms with E-state index in [1.165, 1.54) is 29.7 Å². The third kappa shape index (κ3) is 4.37. The van der Waals surface area contributed by atoms with Gasteiger partial charge in [0.2, 0.25) is 0 Å². The molecule has 10 heteroatoms. The number of carbonyl (C=O) groups is 2. The van der Waals surface area contributed by atoms with Crippen molar-refractivity contribution in [1.82, 2.24) is 14.8 Å². The van der Waals surface area contributed by atoms with Gasteiger partial charge in [-0.25, -0.2) is 14.5 Å². The Morgan fingerprint density at radius 2 is 2.09 bits per heavy atom. The Labute approximate surface area is 199 Å². The number of hydrogen-bond acceptors (Lipinski definition) is 7. The van der Waals surface area contributed by atoms with Crippen molar-refractivity contribution in [2.45, 2.75) is 32.4 Å². The molecular weight excluding hydrogens is 454 g/mol. The Morgan fingerprint density at radius 3 is 2.88 bits per heavy atom. The van der Waals surface area contributed by atoms with E-state index in [1.54, 1.807) is 18.3 Å². The number of aryl methyl sites for hydroxylation is 1. The van der Waals surface area contributed by atoms with E-state index in [1.807, 2.05) is 23.7 Å². The van der Waals surface area contributed by atoms with E-state index in [-0.39, 0.29) is 17.7 Å². The van der Waals surface area contributed by atoms with Crippen molar-refractivity contribution in [2.24, 2.45) is 0 Å². The Kier molecular flexibility index (Phi) is 5.99. The molecule has 1 saturated heterocycles. The third-order valence-electron chi connectivity index (χ3n) is 5.75. The molecule has 4 aromatic rings. The number of nitrogens with one attached hydrogen (secondary N) is 2. The summed E-state index contributed by atoms with van der Waals surface area (Å²) in [4.78, 5) is 28.9. The Hall–Kier alpha value is -3.76. The topological polar surface area (TPSA) is 118 Å². The average Bonchev–Trinajstić information content (AvgIpc) is 3.49. The number of aromatic carboxylic acids is 1. The quantitative estimate of drug-likeness (QED) is 0.349. The van der Waals surface area contributed by atoms with Crippen molar-refractivity contribution in [3.63, 3.8) is 0 Å². The van der Waals surface area contributed by atoms with Gasteiger partial charge in [0.25, 0.3) is 5.91 Å². The second kappa shape index (κ2) is 9.24. The van der Waals surface area contributed by atoms with Gasteiger partial charge in [-0.05, 0) is 56.0 Å². The number of hydrogen-bond donors (Lipinski definition) is 3. The van der Waals surface area contributed by atoms with Crippen LogP contribution >= 0.6 is 11.3 Å². The highest BCUT2D eigenvalue weighted by Crippen LogP contribution is 2.32. The summed E-state index contributed by atoms with van der Waals surface area (Å²) in [5.74, 6) is -1.28. The van der Waals surface area contributed by atoms with Crippen LogP contribution in [0, 0.1) is 6.92 Å². The lowest BCUT2D eigenvalue weighted by Gasteiger charge is -2.23. The third-order valence-corrected chi connectivity index (χ3v) is 6.66. The summed E-state index contributed by atoms with van der Waals surface area (Å²) < 4.78 is 7.78. The van der Waals surface area contributed by atoms with Gasteiger partial charge in [0.05, 0.1) is 29.2 Å². The Morgan fingerprint density at radius 1 is 1.21 bits per heavy atom. The molecule has 0 bridgehead atoms. The van der Waals surface area contributed by atoms with Crippen molar-refractivity contribution >= 4 is 50.6 Å². The van der Waals surface area contributed by atoms with E-state index in [0.717, 1.165) is 42.3 Å². The van der Waals surface area contributed by atoms with Crippen molar-refractivity contribution in [1.29, 1.82) is 0 Å². The first kappa shape index (κ1) is 22.1. The van der Waals surface area contributed by atoms with Crippen LogP contribution in [0.1, 0.15) is 51.1 Å². The second-order valence-corrected chi connectivity index (χ2v) is 9.13. The lowest BCUT2D eigenvalue weighted by atomic mass is 10.1. The molecule has 5 rings (SSSR count). The number of anilines is 3. The van der Waals surface area contributed by atoms with Gasteiger partial charge in [-0.3, -0.25) is 4.79 Å². The SMILES string of the molecule is Cc1ccc2c(cnn2C2CCCCO2)c1NC(=O)c1cnc(Nc2cccc(C(=O)O)c2)s1. The first-order valence-corrected chi connectivity index (χ1v) is 11.8. The van der Waals surface area contributed by atoms with Crippen molar-refractivity contribution < 1.29 is 19.4 Å². The minimum Gasteiger partial charge on any atom is -0.478 e. The lowest BCUT2D eigenvalue weighted by Crippen LogP contribution is -2.19. The van der Waals surface area contributed by atoms with Gasteiger partial charge >= 0.3 is 5.97 Å². The predicted octanol–water partition coefficient (Wildman–Crippen LogP) is 5.19. The van der Waals surface area contributed by atoms with Crippen molar-refractivity contribution in [3.05, 3.63) is 64.8 Å². The zero-order chi connectivity index (χ0) is 23.7. The zero-order valence-corrected chi connectivity index (χ0v) is 19.3. The van der Waals surface area contributed by atoms with Crippen LogP contribution in [-0.2, 0) is 4.74 Å². The molecule has 0 radical (unpaired) electrons. The smallest absolute Gasteiger partial charge is 0.335 e. The number of thiazole rings is 1. The summed E-state index contributed by atoms with van der Waals surface area (Å²) in [7, 11) is 0.